The van der Waals surface area contributed by atoms with Crippen molar-refractivity contribution in [3.63, 3.8) is 0 Å². The number of rotatable bonds is 8. The van der Waals surface area contributed by atoms with E-state index < -0.39 is 6.04 Å². The van der Waals surface area contributed by atoms with E-state index in [-0.39, 0.29) is 36.7 Å². The van der Waals surface area contributed by atoms with Crippen molar-refractivity contribution in [1.29, 1.82) is 0 Å². The van der Waals surface area contributed by atoms with E-state index in [4.69, 9.17) is 11.6 Å². The zero-order valence-electron chi connectivity index (χ0n) is 15.1. The molecule has 1 aromatic rings. The highest BCUT2D eigenvalue weighted by atomic mass is 35.5. The Morgan fingerprint density at radius 3 is 2.20 bits per heavy atom. The number of nitrogens with one attached hydrogen (secondary N) is 2. The minimum Gasteiger partial charge on any atom is -0.352 e. The summed E-state index contributed by atoms with van der Waals surface area (Å²) < 4.78 is 0. The summed E-state index contributed by atoms with van der Waals surface area (Å²) in [6.07, 6.45) is 0.0734. The number of nitrogens with zero attached hydrogens (tertiary/aromatic N) is 1. The Labute approximate surface area is 153 Å². The molecule has 3 amide bonds. The zero-order chi connectivity index (χ0) is 19.0. The molecule has 0 aromatic heterocycles. The maximum atomic E-state index is 12.6. The third kappa shape index (κ3) is 7.56. The molecule has 25 heavy (non-hydrogen) atoms. The normalized spacial score (nSPS) is 11.8. The van der Waals surface area contributed by atoms with Crippen LogP contribution < -0.4 is 10.6 Å². The molecule has 0 bridgehead atoms. The Morgan fingerprint density at radius 1 is 1.12 bits per heavy atom. The second-order valence-corrected chi connectivity index (χ2v) is 6.58. The number of benzene rings is 1. The lowest BCUT2D eigenvalue weighted by Gasteiger charge is -2.25. The fourth-order valence-electron chi connectivity index (χ4n) is 2.41. The summed E-state index contributed by atoms with van der Waals surface area (Å²) in [6.45, 7) is 7.36. The van der Waals surface area contributed by atoms with Gasteiger partial charge >= 0.3 is 0 Å². The van der Waals surface area contributed by atoms with Crippen LogP contribution in [0.3, 0.4) is 0 Å². The number of carbonyl (C=O) groups excluding carboxylic acids is 3. The molecule has 0 spiro atoms. The molecule has 1 atom stereocenters. The van der Waals surface area contributed by atoms with Crippen LogP contribution in [0.5, 0.6) is 0 Å². The molecule has 6 nitrogen and oxygen atoms in total. The minimum atomic E-state index is -0.468. The van der Waals surface area contributed by atoms with Crippen LogP contribution in [0.2, 0.25) is 5.02 Å². The lowest BCUT2D eigenvalue weighted by molar-refractivity contribution is -0.136. The maximum absolute atomic E-state index is 12.6. The summed E-state index contributed by atoms with van der Waals surface area (Å²) in [7, 11) is 0. The van der Waals surface area contributed by atoms with Crippen molar-refractivity contribution in [1.82, 2.24) is 15.5 Å². The molecule has 1 unspecified atom stereocenters. The van der Waals surface area contributed by atoms with Crippen LogP contribution >= 0.6 is 11.6 Å². The molecule has 0 aliphatic rings. The molecule has 7 heteroatoms. The van der Waals surface area contributed by atoms with E-state index in [0.29, 0.717) is 11.6 Å². The van der Waals surface area contributed by atoms with Crippen LogP contribution in [-0.4, -0.2) is 41.8 Å². The summed E-state index contributed by atoms with van der Waals surface area (Å²) in [5.74, 6) is -0.628. The fourth-order valence-corrected chi connectivity index (χ4v) is 2.54. The van der Waals surface area contributed by atoms with Crippen LogP contribution in [0.1, 0.15) is 45.7 Å². The van der Waals surface area contributed by atoms with E-state index in [9.17, 15) is 14.4 Å². The Bertz CT molecular complexity index is 602. The molecule has 0 aliphatic carbocycles. The van der Waals surface area contributed by atoms with Crippen LogP contribution in [-0.2, 0) is 14.4 Å². The Hall–Kier alpha value is -2.08. The number of carbonyl (C=O) groups is 3. The molecule has 0 heterocycles. The first-order valence-corrected chi connectivity index (χ1v) is 8.70. The molecule has 138 valence electrons. The monoisotopic (exact) mass is 367 g/mol. The Balaban J connectivity index is 2.83. The molecular weight excluding hydrogens is 342 g/mol. The van der Waals surface area contributed by atoms with E-state index in [2.05, 4.69) is 10.6 Å². The van der Waals surface area contributed by atoms with Gasteiger partial charge in [-0.1, -0.05) is 23.7 Å². The summed E-state index contributed by atoms with van der Waals surface area (Å²) in [4.78, 5) is 37.5. The zero-order valence-corrected chi connectivity index (χ0v) is 15.9. The van der Waals surface area contributed by atoms with Gasteiger partial charge in [0.2, 0.25) is 17.7 Å². The van der Waals surface area contributed by atoms with Crippen molar-refractivity contribution in [3.05, 3.63) is 34.9 Å². The fraction of sp³-hybridized carbons (Fsp3) is 0.500. The van der Waals surface area contributed by atoms with Gasteiger partial charge in [0.25, 0.3) is 0 Å². The first kappa shape index (κ1) is 21.0. The number of hydrogen-bond acceptors (Lipinski definition) is 3. The predicted octanol–water partition coefficient (Wildman–Crippen LogP) is 2.28. The third-order valence-electron chi connectivity index (χ3n) is 3.55. The van der Waals surface area contributed by atoms with E-state index in [0.717, 1.165) is 5.56 Å². The number of likely N-dealkylation sites (N-methyl/N-ethyl adjacent to an activating group) is 1. The molecule has 0 aliphatic heterocycles. The first-order valence-electron chi connectivity index (χ1n) is 8.32. The van der Waals surface area contributed by atoms with Crippen molar-refractivity contribution in [2.24, 2.45) is 0 Å². The number of hydrogen-bond donors (Lipinski definition) is 2. The summed E-state index contributed by atoms with van der Waals surface area (Å²) in [5, 5.41) is 6.13. The molecule has 0 radical (unpaired) electrons. The molecule has 0 fully saturated rings. The van der Waals surface area contributed by atoms with Crippen LogP contribution in [0.15, 0.2) is 24.3 Å². The highest BCUT2D eigenvalue weighted by Crippen LogP contribution is 2.20. The van der Waals surface area contributed by atoms with E-state index in [1.807, 2.05) is 20.8 Å². The van der Waals surface area contributed by atoms with Gasteiger partial charge in [0.05, 0.1) is 19.0 Å². The van der Waals surface area contributed by atoms with Gasteiger partial charge < -0.3 is 15.5 Å². The van der Waals surface area contributed by atoms with Crippen LogP contribution in [0.4, 0.5) is 0 Å². The van der Waals surface area contributed by atoms with Crippen molar-refractivity contribution < 1.29 is 14.4 Å². The lowest BCUT2D eigenvalue weighted by Crippen LogP contribution is -2.43. The van der Waals surface area contributed by atoms with Gasteiger partial charge in [0, 0.05) is 24.5 Å². The Morgan fingerprint density at radius 2 is 1.72 bits per heavy atom. The molecule has 1 aromatic carbocycles. The van der Waals surface area contributed by atoms with Gasteiger partial charge in [0.1, 0.15) is 0 Å². The van der Waals surface area contributed by atoms with E-state index in [1.54, 1.807) is 24.3 Å². The topological polar surface area (TPSA) is 78.5 Å². The molecule has 0 saturated heterocycles. The second-order valence-electron chi connectivity index (χ2n) is 6.14. The molecule has 1 rings (SSSR count). The summed E-state index contributed by atoms with van der Waals surface area (Å²) in [5.41, 5.74) is 0.788. The standard InChI is InChI=1S/C18H26ClN3O3/c1-5-22(11-17(24)20-12(2)3)18(25)10-16(21-13(4)23)14-6-8-15(19)9-7-14/h6-9,12,16H,5,10-11H2,1-4H3,(H,20,24)(H,21,23). The van der Waals surface area contributed by atoms with Gasteiger partial charge in [0.15, 0.2) is 0 Å². The SMILES string of the molecule is CCN(CC(=O)NC(C)C)C(=O)CC(NC(C)=O)c1ccc(Cl)cc1. The number of amides is 3. The largest absolute Gasteiger partial charge is 0.352 e. The van der Waals surface area contributed by atoms with Gasteiger partial charge in [-0.05, 0) is 38.5 Å². The highest BCUT2D eigenvalue weighted by molar-refractivity contribution is 6.30. The molecule has 0 saturated carbocycles. The quantitative estimate of drug-likeness (QED) is 0.739. The smallest absolute Gasteiger partial charge is 0.239 e. The van der Waals surface area contributed by atoms with E-state index in [1.165, 1.54) is 11.8 Å². The lowest BCUT2D eigenvalue weighted by atomic mass is 10.0. The highest BCUT2D eigenvalue weighted by Gasteiger charge is 2.22. The van der Waals surface area contributed by atoms with Gasteiger partial charge in [-0.2, -0.15) is 0 Å². The van der Waals surface area contributed by atoms with Gasteiger partial charge in [-0.15, -0.1) is 0 Å². The van der Waals surface area contributed by atoms with Crippen molar-refractivity contribution in [2.75, 3.05) is 13.1 Å². The van der Waals surface area contributed by atoms with Crippen molar-refractivity contribution in [3.8, 4) is 0 Å². The third-order valence-corrected chi connectivity index (χ3v) is 3.80. The average Bonchev–Trinajstić information content (AvgIpc) is 2.51. The van der Waals surface area contributed by atoms with Gasteiger partial charge in [-0.3, -0.25) is 14.4 Å². The van der Waals surface area contributed by atoms with Crippen LogP contribution in [0, 0.1) is 0 Å². The number of halogens is 1. The summed E-state index contributed by atoms with van der Waals surface area (Å²) >= 11 is 5.89. The van der Waals surface area contributed by atoms with E-state index >= 15 is 0 Å². The van der Waals surface area contributed by atoms with Crippen LogP contribution in [0.25, 0.3) is 0 Å². The van der Waals surface area contributed by atoms with Crippen molar-refractivity contribution >= 4 is 29.3 Å². The summed E-state index contributed by atoms with van der Waals surface area (Å²) in [6, 6.07) is 6.52. The molecular formula is C18H26ClN3O3. The first-order chi connectivity index (χ1) is 11.7. The average molecular weight is 368 g/mol. The molecule has 2 N–H and O–H groups in total. The Kier molecular flexibility index (Phi) is 8.41. The second kappa shape index (κ2) is 10.0. The predicted molar refractivity (Wildman–Crippen MR) is 98.2 cm³/mol. The van der Waals surface area contributed by atoms with Crippen molar-refractivity contribution in [2.45, 2.75) is 46.2 Å². The maximum Gasteiger partial charge on any atom is 0.239 e. The minimum absolute atomic E-state index is 0.000915. The van der Waals surface area contributed by atoms with Gasteiger partial charge in [-0.25, -0.2) is 0 Å².